The summed E-state index contributed by atoms with van der Waals surface area (Å²) >= 11 is 0. The molecule has 0 atom stereocenters. The molecule has 0 spiro atoms. The van der Waals surface area contributed by atoms with Gasteiger partial charge in [0.15, 0.2) is 0 Å². The Morgan fingerprint density at radius 2 is 1.89 bits per heavy atom. The molecule has 18 heavy (non-hydrogen) atoms. The fourth-order valence-electron chi connectivity index (χ4n) is 2.70. The summed E-state index contributed by atoms with van der Waals surface area (Å²) in [5.41, 5.74) is 3.09. The number of rotatable bonds is 3. The minimum absolute atomic E-state index is 0.458. The van der Waals surface area contributed by atoms with Crippen molar-refractivity contribution in [1.82, 2.24) is 4.57 Å². The molecule has 2 nitrogen and oxygen atoms in total. The van der Waals surface area contributed by atoms with Crippen molar-refractivity contribution in [2.24, 2.45) is 0 Å². The third kappa shape index (κ3) is 2.59. The van der Waals surface area contributed by atoms with Gasteiger partial charge in [-0.05, 0) is 57.7 Å². The van der Waals surface area contributed by atoms with Crippen molar-refractivity contribution in [2.45, 2.75) is 52.7 Å². The van der Waals surface area contributed by atoms with Crippen molar-refractivity contribution >= 4 is 10.9 Å². The summed E-state index contributed by atoms with van der Waals surface area (Å²) in [6, 6.07) is 9.16. The van der Waals surface area contributed by atoms with Crippen LogP contribution >= 0.6 is 0 Å². The van der Waals surface area contributed by atoms with Crippen molar-refractivity contribution in [1.29, 1.82) is 0 Å². The molecule has 1 N–H and O–H groups in total. The van der Waals surface area contributed by atoms with Gasteiger partial charge in [0.1, 0.15) is 0 Å². The molecule has 1 heterocycles. The lowest BCUT2D eigenvalue weighted by atomic mass is 9.98. The standard InChI is InChI=1S/C16H23NO/c1-11(2)17-12(3)8-14-7-6-13(9-15(14)17)10-16(4,5)18/h6-9,11,18H,10H2,1-5H3. The molecule has 2 aromatic rings. The van der Waals surface area contributed by atoms with Gasteiger partial charge in [0.25, 0.3) is 0 Å². The number of hydrogen-bond donors (Lipinski definition) is 1. The SMILES string of the molecule is Cc1cc2ccc(CC(C)(C)O)cc2n1C(C)C. The summed E-state index contributed by atoms with van der Waals surface area (Å²) < 4.78 is 2.35. The van der Waals surface area contributed by atoms with Crippen LogP contribution in [0.15, 0.2) is 24.3 Å². The predicted octanol–water partition coefficient (Wildman–Crippen LogP) is 3.84. The molecule has 0 fully saturated rings. The quantitative estimate of drug-likeness (QED) is 0.873. The van der Waals surface area contributed by atoms with Gasteiger partial charge in [-0.25, -0.2) is 0 Å². The Bertz CT molecular complexity index is 558. The van der Waals surface area contributed by atoms with E-state index in [-0.39, 0.29) is 0 Å². The second-order valence-corrected chi connectivity index (χ2v) is 6.13. The molecule has 0 amide bonds. The van der Waals surface area contributed by atoms with E-state index in [2.05, 4.69) is 49.6 Å². The van der Waals surface area contributed by atoms with Crippen LogP contribution in [0.4, 0.5) is 0 Å². The topological polar surface area (TPSA) is 25.2 Å². The summed E-state index contributed by atoms with van der Waals surface area (Å²) in [6.07, 6.45) is 0.686. The van der Waals surface area contributed by atoms with Gasteiger partial charge in [-0.2, -0.15) is 0 Å². The maximum Gasteiger partial charge on any atom is 0.0631 e. The maximum atomic E-state index is 9.92. The Balaban J connectivity index is 2.52. The lowest BCUT2D eigenvalue weighted by molar-refractivity contribution is 0.0810. The monoisotopic (exact) mass is 245 g/mol. The van der Waals surface area contributed by atoms with E-state index in [4.69, 9.17) is 0 Å². The van der Waals surface area contributed by atoms with Crippen LogP contribution in [-0.4, -0.2) is 15.3 Å². The molecular formula is C16H23NO. The number of fused-ring (bicyclic) bond motifs is 1. The zero-order valence-electron chi connectivity index (χ0n) is 12.0. The molecule has 0 radical (unpaired) electrons. The Morgan fingerprint density at radius 1 is 1.22 bits per heavy atom. The highest BCUT2D eigenvalue weighted by Gasteiger charge is 2.15. The Morgan fingerprint density at radius 3 is 2.44 bits per heavy atom. The number of hydrogen-bond acceptors (Lipinski definition) is 1. The second-order valence-electron chi connectivity index (χ2n) is 6.13. The van der Waals surface area contributed by atoms with Crippen molar-refractivity contribution in [2.75, 3.05) is 0 Å². The van der Waals surface area contributed by atoms with E-state index < -0.39 is 5.60 Å². The summed E-state index contributed by atoms with van der Waals surface area (Å²) in [4.78, 5) is 0. The largest absolute Gasteiger partial charge is 0.390 e. The van der Waals surface area contributed by atoms with Crippen LogP contribution in [-0.2, 0) is 6.42 Å². The lowest BCUT2D eigenvalue weighted by Crippen LogP contribution is -2.21. The Labute approximate surface area is 109 Å². The molecule has 98 valence electrons. The van der Waals surface area contributed by atoms with E-state index in [1.165, 1.54) is 22.2 Å². The maximum absolute atomic E-state index is 9.92. The van der Waals surface area contributed by atoms with Gasteiger partial charge in [0, 0.05) is 23.7 Å². The number of benzene rings is 1. The Hall–Kier alpha value is -1.28. The van der Waals surface area contributed by atoms with Crippen molar-refractivity contribution in [3.63, 3.8) is 0 Å². The fourth-order valence-corrected chi connectivity index (χ4v) is 2.70. The van der Waals surface area contributed by atoms with E-state index in [0.717, 1.165) is 0 Å². The summed E-state index contributed by atoms with van der Waals surface area (Å²) in [5, 5.41) is 11.2. The van der Waals surface area contributed by atoms with E-state index in [9.17, 15) is 5.11 Å². The first-order valence-corrected chi connectivity index (χ1v) is 6.61. The van der Waals surface area contributed by atoms with Gasteiger partial charge in [-0.15, -0.1) is 0 Å². The highest BCUT2D eigenvalue weighted by Crippen LogP contribution is 2.26. The molecule has 0 aliphatic carbocycles. The highest BCUT2D eigenvalue weighted by molar-refractivity contribution is 5.82. The van der Waals surface area contributed by atoms with Crippen LogP contribution in [0.5, 0.6) is 0 Å². The van der Waals surface area contributed by atoms with Crippen molar-refractivity contribution in [3.05, 3.63) is 35.5 Å². The van der Waals surface area contributed by atoms with Crippen LogP contribution in [0.25, 0.3) is 10.9 Å². The van der Waals surface area contributed by atoms with Crippen molar-refractivity contribution in [3.8, 4) is 0 Å². The average molecular weight is 245 g/mol. The fraction of sp³-hybridized carbons (Fsp3) is 0.500. The van der Waals surface area contributed by atoms with Crippen LogP contribution in [0.3, 0.4) is 0 Å². The smallest absolute Gasteiger partial charge is 0.0631 e. The van der Waals surface area contributed by atoms with E-state index >= 15 is 0 Å². The summed E-state index contributed by atoms with van der Waals surface area (Å²) in [7, 11) is 0. The molecule has 2 heteroatoms. The second kappa shape index (κ2) is 4.43. The molecule has 0 aliphatic heterocycles. The predicted molar refractivity (Wildman–Crippen MR) is 77.1 cm³/mol. The first-order chi connectivity index (χ1) is 8.28. The van der Waals surface area contributed by atoms with Gasteiger partial charge >= 0.3 is 0 Å². The van der Waals surface area contributed by atoms with Crippen LogP contribution in [0.2, 0.25) is 0 Å². The van der Waals surface area contributed by atoms with Gasteiger partial charge in [-0.1, -0.05) is 12.1 Å². The normalized spacial score (nSPS) is 12.6. The number of aryl methyl sites for hydroxylation is 1. The minimum atomic E-state index is -0.655. The van der Waals surface area contributed by atoms with Gasteiger partial charge in [0.05, 0.1) is 5.60 Å². The Kier molecular flexibility index (Phi) is 3.24. The van der Waals surface area contributed by atoms with E-state index in [0.29, 0.717) is 12.5 Å². The van der Waals surface area contributed by atoms with Crippen molar-refractivity contribution < 1.29 is 5.11 Å². The molecule has 0 saturated heterocycles. The van der Waals surface area contributed by atoms with E-state index in [1.807, 2.05) is 13.8 Å². The molecular weight excluding hydrogens is 222 g/mol. The lowest BCUT2D eigenvalue weighted by Gasteiger charge is -2.18. The van der Waals surface area contributed by atoms with E-state index in [1.54, 1.807) is 0 Å². The molecule has 1 aromatic carbocycles. The third-order valence-electron chi connectivity index (χ3n) is 3.25. The molecule has 1 aromatic heterocycles. The summed E-state index contributed by atoms with van der Waals surface area (Å²) in [6.45, 7) is 10.3. The highest BCUT2D eigenvalue weighted by atomic mass is 16.3. The first kappa shape index (κ1) is 13.2. The third-order valence-corrected chi connectivity index (χ3v) is 3.25. The zero-order chi connectivity index (χ0) is 13.5. The van der Waals surface area contributed by atoms with Gasteiger partial charge in [0.2, 0.25) is 0 Å². The number of aliphatic hydroxyl groups is 1. The van der Waals surface area contributed by atoms with Gasteiger partial charge < -0.3 is 9.67 Å². The molecule has 0 aliphatic rings. The first-order valence-electron chi connectivity index (χ1n) is 6.61. The molecule has 0 bridgehead atoms. The van der Waals surface area contributed by atoms with Gasteiger partial charge in [-0.3, -0.25) is 0 Å². The molecule has 0 saturated carbocycles. The zero-order valence-corrected chi connectivity index (χ0v) is 12.0. The molecule has 0 unspecified atom stereocenters. The number of nitrogens with zero attached hydrogens (tertiary/aromatic N) is 1. The minimum Gasteiger partial charge on any atom is -0.390 e. The van der Waals surface area contributed by atoms with Crippen LogP contribution in [0, 0.1) is 6.92 Å². The average Bonchev–Trinajstić information content (AvgIpc) is 2.50. The van der Waals surface area contributed by atoms with Crippen LogP contribution < -0.4 is 0 Å². The van der Waals surface area contributed by atoms with Crippen LogP contribution in [0.1, 0.15) is 45.0 Å². The summed E-state index contributed by atoms with van der Waals surface area (Å²) in [5.74, 6) is 0. The number of aromatic nitrogens is 1. The molecule has 2 rings (SSSR count).